The molecule has 1 atom stereocenters. The average molecular weight is 424 g/mol. The third-order valence-electron chi connectivity index (χ3n) is 4.09. The lowest BCUT2D eigenvalue weighted by Crippen LogP contribution is -2.40. The molecule has 2 N–H and O–H groups in total. The number of anilines is 1. The maximum absolute atomic E-state index is 12.6. The Kier molecular flexibility index (Phi) is 6.75. The van der Waals surface area contributed by atoms with Gasteiger partial charge >= 0.3 is 6.03 Å². The van der Waals surface area contributed by atoms with Crippen molar-refractivity contribution in [1.29, 1.82) is 0 Å². The Hall–Kier alpha value is -2.09. The van der Waals surface area contributed by atoms with E-state index in [2.05, 4.69) is 10.0 Å². The fraction of sp³-hybridized carbons (Fsp3) is 0.350. The van der Waals surface area contributed by atoms with E-state index in [4.69, 9.17) is 11.6 Å². The molecule has 0 heterocycles. The Morgan fingerprint density at radius 3 is 2.29 bits per heavy atom. The Labute approximate surface area is 171 Å². The maximum Gasteiger partial charge on any atom is 0.322 e. The first-order chi connectivity index (χ1) is 12.9. The number of urea groups is 1. The van der Waals surface area contributed by atoms with Crippen molar-refractivity contribution in [3.8, 4) is 0 Å². The Morgan fingerprint density at radius 1 is 1.11 bits per heavy atom. The van der Waals surface area contributed by atoms with E-state index in [-0.39, 0.29) is 17.0 Å². The van der Waals surface area contributed by atoms with Crippen LogP contribution in [-0.2, 0) is 10.0 Å². The molecule has 0 aliphatic rings. The monoisotopic (exact) mass is 423 g/mol. The van der Waals surface area contributed by atoms with Gasteiger partial charge in [0.15, 0.2) is 0 Å². The zero-order chi connectivity index (χ0) is 21.1. The number of amides is 2. The highest BCUT2D eigenvalue weighted by Crippen LogP contribution is 2.22. The summed E-state index contributed by atoms with van der Waals surface area (Å²) in [6.07, 6.45) is 0. The van der Waals surface area contributed by atoms with Gasteiger partial charge in [0.1, 0.15) is 0 Å². The van der Waals surface area contributed by atoms with Gasteiger partial charge in [-0.25, -0.2) is 17.9 Å². The smallest absolute Gasteiger partial charge is 0.321 e. The first kappa shape index (κ1) is 22.2. The summed E-state index contributed by atoms with van der Waals surface area (Å²) in [5, 5.41) is 3.38. The molecule has 0 bridgehead atoms. The number of nitrogens with one attached hydrogen (secondary N) is 2. The summed E-state index contributed by atoms with van der Waals surface area (Å²) >= 11 is 5.91. The van der Waals surface area contributed by atoms with E-state index in [1.807, 2.05) is 19.1 Å². The topological polar surface area (TPSA) is 78.5 Å². The number of carbonyl (C=O) groups excluding carboxylic acids is 1. The molecule has 0 unspecified atom stereocenters. The maximum atomic E-state index is 12.6. The summed E-state index contributed by atoms with van der Waals surface area (Å²) in [4.78, 5) is 14.2. The Morgan fingerprint density at radius 2 is 1.71 bits per heavy atom. The zero-order valence-corrected chi connectivity index (χ0v) is 18.2. The minimum Gasteiger partial charge on any atom is -0.321 e. The van der Waals surface area contributed by atoms with E-state index < -0.39 is 15.6 Å². The van der Waals surface area contributed by atoms with Crippen LogP contribution in [0.2, 0.25) is 5.02 Å². The summed E-state index contributed by atoms with van der Waals surface area (Å²) in [6, 6.07) is 12.9. The normalized spacial score (nSPS) is 13.1. The molecule has 0 saturated heterocycles. The highest BCUT2D eigenvalue weighted by Gasteiger charge is 2.23. The van der Waals surface area contributed by atoms with E-state index in [0.29, 0.717) is 10.7 Å². The lowest BCUT2D eigenvalue weighted by Gasteiger charge is -2.26. The molecular formula is C20H26ClN3O3S. The second kappa shape index (κ2) is 8.51. The van der Waals surface area contributed by atoms with Crippen molar-refractivity contribution in [3.05, 3.63) is 59.1 Å². The van der Waals surface area contributed by atoms with Crippen LogP contribution in [0.5, 0.6) is 0 Å². The molecule has 0 aliphatic carbocycles. The van der Waals surface area contributed by atoms with Crippen LogP contribution in [0.4, 0.5) is 10.5 Å². The quantitative estimate of drug-likeness (QED) is 0.735. The van der Waals surface area contributed by atoms with Crippen LogP contribution in [0.3, 0.4) is 0 Å². The first-order valence-electron chi connectivity index (χ1n) is 8.82. The number of hydrogen-bond acceptors (Lipinski definition) is 3. The van der Waals surface area contributed by atoms with Gasteiger partial charge in [-0.1, -0.05) is 29.8 Å². The van der Waals surface area contributed by atoms with Crippen LogP contribution in [0, 0.1) is 0 Å². The molecule has 0 spiro atoms. The molecule has 2 aromatic rings. The summed E-state index contributed by atoms with van der Waals surface area (Å²) in [6.45, 7) is 7.20. The first-order valence-corrected chi connectivity index (χ1v) is 10.7. The average Bonchev–Trinajstić information content (AvgIpc) is 2.59. The van der Waals surface area contributed by atoms with E-state index in [0.717, 1.165) is 5.56 Å². The second-order valence-electron chi connectivity index (χ2n) is 7.65. The minimum atomic E-state index is -3.69. The lowest BCUT2D eigenvalue weighted by atomic mass is 10.1. The van der Waals surface area contributed by atoms with Gasteiger partial charge in [0.25, 0.3) is 0 Å². The largest absolute Gasteiger partial charge is 0.322 e. The molecule has 0 aliphatic heterocycles. The van der Waals surface area contributed by atoms with Crippen LogP contribution in [0.15, 0.2) is 53.4 Å². The van der Waals surface area contributed by atoms with E-state index in [1.165, 1.54) is 17.0 Å². The van der Waals surface area contributed by atoms with Gasteiger partial charge in [-0.2, -0.15) is 0 Å². The van der Waals surface area contributed by atoms with Crippen molar-refractivity contribution < 1.29 is 13.2 Å². The van der Waals surface area contributed by atoms with Gasteiger partial charge in [-0.15, -0.1) is 0 Å². The van der Waals surface area contributed by atoms with Crippen molar-refractivity contribution >= 4 is 33.3 Å². The van der Waals surface area contributed by atoms with Crippen LogP contribution < -0.4 is 10.0 Å². The summed E-state index contributed by atoms with van der Waals surface area (Å²) < 4.78 is 27.6. The Bertz CT molecular complexity index is 938. The number of rotatable bonds is 5. The van der Waals surface area contributed by atoms with Crippen molar-refractivity contribution in [1.82, 2.24) is 9.62 Å². The van der Waals surface area contributed by atoms with Gasteiger partial charge in [0.05, 0.1) is 10.9 Å². The molecule has 6 nitrogen and oxygen atoms in total. The van der Waals surface area contributed by atoms with Gasteiger partial charge in [0, 0.05) is 23.3 Å². The third kappa shape index (κ3) is 5.95. The number of benzene rings is 2. The summed E-state index contributed by atoms with van der Waals surface area (Å²) in [7, 11) is -2.01. The molecule has 2 rings (SSSR count). The Balaban J connectivity index is 2.14. The SMILES string of the molecule is C[C@H](c1ccc(Cl)cc1)N(C)C(=O)Nc1cccc(S(=O)(=O)NC(C)(C)C)c1. The predicted octanol–water partition coefficient (Wildman–Crippen LogP) is 4.64. The fourth-order valence-electron chi connectivity index (χ4n) is 2.56. The molecule has 0 radical (unpaired) electrons. The van der Waals surface area contributed by atoms with Gasteiger partial charge in [-0.3, -0.25) is 0 Å². The molecule has 2 aromatic carbocycles. The van der Waals surface area contributed by atoms with Crippen LogP contribution in [0.1, 0.15) is 39.3 Å². The third-order valence-corrected chi connectivity index (χ3v) is 6.10. The second-order valence-corrected chi connectivity index (χ2v) is 9.77. The number of nitrogens with zero attached hydrogens (tertiary/aromatic N) is 1. The molecule has 2 amide bonds. The highest BCUT2D eigenvalue weighted by atomic mass is 35.5. The number of carbonyl (C=O) groups is 1. The molecule has 8 heteroatoms. The van der Waals surface area contributed by atoms with Crippen LogP contribution >= 0.6 is 11.6 Å². The molecule has 0 saturated carbocycles. The van der Waals surface area contributed by atoms with Gasteiger partial charge in [0.2, 0.25) is 10.0 Å². The molecule has 28 heavy (non-hydrogen) atoms. The van der Waals surface area contributed by atoms with Crippen molar-refractivity contribution in [2.75, 3.05) is 12.4 Å². The number of sulfonamides is 1. The van der Waals surface area contributed by atoms with Crippen LogP contribution in [-0.4, -0.2) is 31.9 Å². The van der Waals surface area contributed by atoms with Crippen molar-refractivity contribution in [2.24, 2.45) is 0 Å². The molecule has 152 valence electrons. The standard InChI is InChI=1S/C20H26ClN3O3S/c1-14(15-9-11-16(21)12-10-15)24(5)19(25)22-17-7-6-8-18(13-17)28(26,27)23-20(2,3)4/h6-14,23H,1-5H3,(H,22,25)/t14-/m1/s1. The molecule has 0 fully saturated rings. The van der Waals surface area contributed by atoms with Crippen LogP contribution in [0.25, 0.3) is 0 Å². The van der Waals surface area contributed by atoms with E-state index in [9.17, 15) is 13.2 Å². The molecule has 0 aromatic heterocycles. The van der Waals surface area contributed by atoms with Crippen molar-refractivity contribution in [3.63, 3.8) is 0 Å². The number of halogens is 1. The van der Waals surface area contributed by atoms with E-state index in [1.54, 1.807) is 52.1 Å². The summed E-state index contributed by atoms with van der Waals surface area (Å²) in [5.41, 5.74) is 0.733. The van der Waals surface area contributed by atoms with Gasteiger partial charge in [-0.05, 0) is 63.6 Å². The van der Waals surface area contributed by atoms with Crippen molar-refractivity contribution in [2.45, 2.75) is 44.2 Å². The summed E-state index contributed by atoms with van der Waals surface area (Å²) in [5.74, 6) is 0. The van der Waals surface area contributed by atoms with E-state index >= 15 is 0 Å². The number of hydrogen-bond donors (Lipinski definition) is 2. The van der Waals surface area contributed by atoms with Gasteiger partial charge < -0.3 is 10.2 Å². The highest BCUT2D eigenvalue weighted by molar-refractivity contribution is 7.89. The lowest BCUT2D eigenvalue weighted by molar-refractivity contribution is 0.208. The zero-order valence-electron chi connectivity index (χ0n) is 16.7. The minimum absolute atomic E-state index is 0.0913. The fourth-order valence-corrected chi connectivity index (χ4v) is 4.15. The predicted molar refractivity (Wildman–Crippen MR) is 113 cm³/mol. The molecular weight excluding hydrogens is 398 g/mol.